The molecular weight excluding hydrogens is 164 g/mol. The van der Waals surface area contributed by atoms with Crippen molar-refractivity contribution in [3.05, 3.63) is 23.8 Å². The number of hydrogen-bond acceptors (Lipinski definition) is 3. The Bertz CT molecular complexity index is 274. The van der Waals surface area contributed by atoms with Crippen LogP contribution in [-0.4, -0.2) is 13.7 Å². The fourth-order valence-corrected chi connectivity index (χ4v) is 1.25. The van der Waals surface area contributed by atoms with Crippen molar-refractivity contribution in [2.75, 3.05) is 25.2 Å². The van der Waals surface area contributed by atoms with Gasteiger partial charge in [0, 0.05) is 25.1 Å². The summed E-state index contributed by atoms with van der Waals surface area (Å²) in [7, 11) is 1.70. The number of nitrogen functional groups attached to an aromatic ring is 2. The first kappa shape index (κ1) is 9.86. The number of aryl methyl sites for hydroxylation is 1. The maximum atomic E-state index is 5.78. The minimum Gasteiger partial charge on any atom is -0.399 e. The van der Waals surface area contributed by atoms with Crippen LogP contribution in [0.2, 0.25) is 0 Å². The van der Waals surface area contributed by atoms with Gasteiger partial charge in [-0.05, 0) is 36.6 Å². The van der Waals surface area contributed by atoms with Gasteiger partial charge in [-0.15, -0.1) is 0 Å². The highest BCUT2D eigenvalue weighted by Gasteiger charge is 1.99. The fraction of sp³-hybridized carbons (Fsp3) is 0.400. The molecule has 0 spiro atoms. The van der Waals surface area contributed by atoms with Crippen LogP contribution in [-0.2, 0) is 11.2 Å². The van der Waals surface area contributed by atoms with Crippen LogP contribution in [0.15, 0.2) is 18.2 Å². The zero-order valence-corrected chi connectivity index (χ0v) is 7.92. The van der Waals surface area contributed by atoms with Crippen LogP contribution in [0.5, 0.6) is 0 Å². The molecule has 0 saturated heterocycles. The number of rotatable bonds is 4. The van der Waals surface area contributed by atoms with Gasteiger partial charge >= 0.3 is 0 Å². The van der Waals surface area contributed by atoms with E-state index in [1.54, 1.807) is 7.11 Å². The molecule has 0 fully saturated rings. The Morgan fingerprint density at radius 2 is 2.08 bits per heavy atom. The second-order valence-corrected chi connectivity index (χ2v) is 3.05. The van der Waals surface area contributed by atoms with Crippen LogP contribution in [0.4, 0.5) is 11.4 Å². The van der Waals surface area contributed by atoms with E-state index in [1.807, 2.05) is 18.2 Å². The number of methoxy groups -OCH3 is 1. The van der Waals surface area contributed by atoms with E-state index in [4.69, 9.17) is 16.2 Å². The third kappa shape index (κ3) is 2.95. The zero-order valence-electron chi connectivity index (χ0n) is 7.92. The Morgan fingerprint density at radius 1 is 1.31 bits per heavy atom. The standard InChI is InChI=1S/C10H16N2O/c1-13-6-2-3-8-7-9(11)4-5-10(8)12/h4-5,7H,2-3,6,11-12H2,1H3. The van der Waals surface area contributed by atoms with Gasteiger partial charge < -0.3 is 16.2 Å². The van der Waals surface area contributed by atoms with Gasteiger partial charge in [0.2, 0.25) is 0 Å². The highest BCUT2D eigenvalue weighted by Crippen LogP contribution is 2.16. The number of hydrogen-bond donors (Lipinski definition) is 2. The lowest BCUT2D eigenvalue weighted by Gasteiger charge is -2.05. The lowest BCUT2D eigenvalue weighted by molar-refractivity contribution is 0.195. The Labute approximate surface area is 78.7 Å². The van der Waals surface area contributed by atoms with Crippen molar-refractivity contribution in [2.45, 2.75) is 12.8 Å². The molecule has 0 bridgehead atoms. The molecule has 4 N–H and O–H groups in total. The molecule has 72 valence electrons. The molecule has 0 aliphatic rings. The topological polar surface area (TPSA) is 61.3 Å². The second-order valence-electron chi connectivity index (χ2n) is 3.05. The summed E-state index contributed by atoms with van der Waals surface area (Å²) in [5.41, 5.74) is 14.1. The average Bonchev–Trinajstić information content (AvgIpc) is 2.11. The summed E-state index contributed by atoms with van der Waals surface area (Å²) >= 11 is 0. The molecule has 3 nitrogen and oxygen atoms in total. The van der Waals surface area contributed by atoms with E-state index in [-0.39, 0.29) is 0 Å². The van der Waals surface area contributed by atoms with E-state index in [0.29, 0.717) is 0 Å². The third-order valence-electron chi connectivity index (χ3n) is 1.96. The van der Waals surface area contributed by atoms with Crippen LogP contribution in [0.1, 0.15) is 12.0 Å². The molecule has 0 aromatic heterocycles. The average molecular weight is 180 g/mol. The van der Waals surface area contributed by atoms with E-state index in [9.17, 15) is 0 Å². The van der Waals surface area contributed by atoms with Gasteiger partial charge in [-0.1, -0.05) is 0 Å². The SMILES string of the molecule is COCCCc1cc(N)ccc1N. The number of benzene rings is 1. The first-order valence-corrected chi connectivity index (χ1v) is 4.37. The largest absolute Gasteiger partial charge is 0.399 e. The molecule has 13 heavy (non-hydrogen) atoms. The number of anilines is 2. The Balaban J connectivity index is 2.59. The minimum absolute atomic E-state index is 0.758. The quantitative estimate of drug-likeness (QED) is 0.544. The molecule has 1 aromatic carbocycles. The summed E-state index contributed by atoms with van der Waals surface area (Å²) in [6.45, 7) is 0.758. The lowest BCUT2D eigenvalue weighted by atomic mass is 10.1. The Morgan fingerprint density at radius 3 is 2.77 bits per heavy atom. The number of nitrogens with two attached hydrogens (primary N) is 2. The third-order valence-corrected chi connectivity index (χ3v) is 1.96. The van der Waals surface area contributed by atoms with Crippen LogP contribution in [0.25, 0.3) is 0 Å². The van der Waals surface area contributed by atoms with Gasteiger partial charge in [-0.25, -0.2) is 0 Å². The summed E-state index contributed by atoms with van der Waals surface area (Å²) in [4.78, 5) is 0. The van der Waals surface area contributed by atoms with Crippen LogP contribution >= 0.6 is 0 Å². The van der Waals surface area contributed by atoms with E-state index in [2.05, 4.69) is 0 Å². The zero-order chi connectivity index (χ0) is 9.68. The van der Waals surface area contributed by atoms with E-state index in [0.717, 1.165) is 36.4 Å². The second kappa shape index (κ2) is 4.72. The van der Waals surface area contributed by atoms with E-state index in [1.165, 1.54) is 0 Å². The summed E-state index contributed by atoms with van der Waals surface area (Å²) in [6, 6.07) is 5.58. The van der Waals surface area contributed by atoms with Crippen LogP contribution < -0.4 is 11.5 Å². The van der Waals surface area contributed by atoms with Gasteiger partial charge in [-0.3, -0.25) is 0 Å². The maximum absolute atomic E-state index is 5.78. The molecule has 1 aromatic rings. The van der Waals surface area contributed by atoms with Gasteiger partial charge in [0.1, 0.15) is 0 Å². The van der Waals surface area contributed by atoms with Crippen molar-refractivity contribution in [2.24, 2.45) is 0 Å². The van der Waals surface area contributed by atoms with Gasteiger partial charge in [0.15, 0.2) is 0 Å². The Kier molecular flexibility index (Phi) is 3.58. The number of ether oxygens (including phenoxy) is 1. The maximum Gasteiger partial charge on any atom is 0.0465 e. The van der Waals surface area contributed by atoms with Crippen LogP contribution in [0, 0.1) is 0 Å². The molecule has 0 heterocycles. The Hall–Kier alpha value is -1.22. The lowest BCUT2D eigenvalue weighted by Crippen LogP contribution is -1.98. The van der Waals surface area contributed by atoms with Crippen molar-refractivity contribution < 1.29 is 4.74 Å². The van der Waals surface area contributed by atoms with Crippen molar-refractivity contribution in [1.29, 1.82) is 0 Å². The van der Waals surface area contributed by atoms with Gasteiger partial charge in [0.05, 0.1) is 0 Å². The predicted octanol–water partition coefficient (Wildman–Crippen LogP) is 1.43. The summed E-state index contributed by atoms with van der Waals surface area (Å²) < 4.78 is 4.96. The molecule has 0 aliphatic heterocycles. The predicted molar refractivity (Wildman–Crippen MR) is 55.5 cm³/mol. The van der Waals surface area contributed by atoms with E-state index < -0.39 is 0 Å². The fourth-order valence-electron chi connectivity index (χ4n) is 1.25. The molecular formula is C10H16N2O. The minimum atomic E-state index is 0.758. The summed E-state index contributed by atoms with van der Waals surface area (Å²) in [5, 5.41) is 0. The summed E-state index contributed by atoms with van der Waals surface area (Å²) in [5.74, 6) is 0. The first-order chi connectivity index (χ1) is 6.24. The molecule has 1 rings (SSSR count). The molecule has 0 atom stereocenters. The molecule has 0 unspecified atom stereocenters. The van der Waals surface area contributed by atoms with E-state index >= 15 is 0 Å². The van der Waals surface area contributed by atoms with Crippen molar-refractivity contribution in [1.82, 2.24) is 0 Å². The monoisotopic (exact) mass is 180 g/mol. The van der Waals surface area contributed by atoms with Crippen LogP contribution in [0.3, 0.4) is 0 Å². The normalized spacial score (nSPS) is 10.2. The first-order valence-electron chi connectivity index (χ1n) is 4.37. The molecule has 0 aliphatic carbocycles. The molecule has 0 saturated carbocycles. The highest BCUT2D eigenvalue weighted by molar-refractivity contribution is 5.55. The van der Waals surface area contributed by atoms with Gasteiger partial charge in [0.25, 0.3) is 0 Å². The summed E-state index contributed by atoms with van der Waals surface area (Å²) in [6.07, 6.45) is 1.90. The van der Waals surface area contributed by atoms with Crippen molar-refractivity contribution in [3.8, 4) is 0 Å². The molecule has 3 heteroatoms. The molecule has 0 amide bonds. The van der Waals surface area contributed by atoms with Gasteiger partial charge in [-0.2, -0.15) is 0 Å². The van der Waals surface area contributed by atoms with Crippen molar-refractivity contribution in [3.63, 3.8) is 0 Å². The highest BCUT2D eigenvalue weighted by atomic mass is 16.5. The molecule has 0 radical (unpaired) electrons. The smallest absolute Gasteiger partial charge is 0.0465 e. The van der Waals surface area contributed by atoms with Crippen molar-refractivity contribution >= 4 is 11.4 Å².